The Balaban J connectivity index is 0.00000113. The van der Waals surface area contributed by atoms with E-state index >= 15 is 0 Å². The quantitative estimate of drug-likeness (QED) is 0.864. The third-order valence-electron chi connectivity index (χ3n) is 5.20. The number of carbonyl (C=O) groups excluding carboxylic acids is 1. The maximum absolute atomic E-state index is 12.8. The van der Waals surface area contributed by atoms with Crippen LogP contribution in [-0.4, -0.2) is 51.5 Å². The number of hydrogen-bond acceptors (Lipinski definition) is 4. The molecule has 0 aliphatic carbocycles. The molecule has 136 valence electrons. The average Bonchev–Trinajstić information content (AvgIpc) is 3.28. The van der Waals surface area contributed by atoms with Crippen LogP contribution in [0, 0.1) is 5.41 Å². The summed E-state index contributed by atoms with van der Waals surface area (Å²) >= 11 is 0. The zero-order valence-corrected chi connectivity index (χ0v) is 15.6. The summed E-state index contributed by atoms with van der Waals surface area (Å²) in [4.78, 5) is 23.1. The van der Waals surface area contributed by atoms with Gasteiger partial charge in [-0.25, -0.2) is 9.97 Å². The fraction of sp³-hybridized carbons (Fsp3) is 0.471. The first-order valence-corrected chi connectivity index (χ1v) is 8.20. The van der Waals surface area contributed by atoms with Gasteiger partial charge in [-0.15, -0.1) is 24.8 Å². The molecule has 0 unspecified atom stereocenters. The van der Waals surface area contributed by atoms with E-state index in [-0.39, 0.29) is 30.7 Å². The summed E-state index contributed by atoms with van der Waals surface area (Å²) < 4.78 is 1.81. The van der Waals surface area contributed by atoms with Crippen LogP contribution in [0.3, 0.4) is 0 Å². The Hall–Kier alpha value is -1.63. The molecule has 4 rings (SSSR count). The van der Waals surface area contributed by atoms with Crippen LogP contribution in [0.2, 0.25) is 0 Å². The summed E-state index contributed by atoms with van der Waals surface area (Å²) in [5.74, 6) is 0.830. The smallest absolute Gasteiger partial charge is 0.254 e. The van der Waals surface area contributed by atoms with Crippen molar-refractivity contribution in [2.75, 3.05) is 26.2 Å². The molecule has 0 bridgehead atoms. The van der Waals surface area contributed by atoms with Crippen LogP contribution in [0.4, 0.5) is 0 Å². The fourth-order valence-electron chi connectivity index (χ4n) is 3.68. The van der Waals surface area contributed by atoms with Crippen molar-refractivity contribution in [1.29, 1.82) is 0 Å². The van der Waals surface area contributed by atoms with Crippen LogP contribution < -0.4 is 5.32 Å². The van der Waals surface area contributed by atoms with Crippen molar-refractivity contribution in [2.45, 2.75) is 19.3 Å². The van der Waals surface area contributed by atoms with Gasteiger partial charge in [0.2, 0.25) is 0 Å². The summed E-state index contributed by atoms with van der Waals surface area (Å²) in [5, 5.41) is 3.46. The molecule has 2 aromatic rings. The van der Waals surface area contributed by atoms with Crippen molar-refractivity contribution in [3.05, 3.63) is 42.6 Å². The number of nitrogens with one attached hydrogen (secondary N) is 1. The van der Waals surface area contributed by atoms with E-state index in [1.165, 1.54) is 6.42 Å². The highest BCUT2D eigenvalue weighted by atomic mass is 35.5. The van der Waals surface area contributed by atoms with Crippen molar-refractivity contribution in [1.82, 2.24) is 24.8 Å². The van der Waals surface area contributed by atoms with Crippen LogP contribution in [0.25, 0.3) is 5.82 Å². The number of piperidine rings is 1. The third-order valence-corrected chi connectivity index (χ3v) is 5.20. The van der Waals surface area contributed by atoms with Crippen LogP contribution in [0.5, 0.6) is 0 Å². The number of likely N-dealkylation sites (tertiary alicyclic amines) is 1. The van der Waals surface area contributed by atoms with Gasteiger partial charge in [0.05, 0.1) is 0 Å². The summed E-state index contributed by atoms with van der Waals surface area (Å²) in [7, 11) is 0. The predicted molar refractivity (Wildman–Crippen MR) is 101 cm³/mol. The van der Waals surface area contributed by atoms with Gasteiger partial charge in [-0.05, 0) is 43.4 Å². The number of nitrogens with zero attached hydrogens (tertiary/aromatic N) is 4. The topological polar surface area (TPSA) is 63.1 Å². The second-order valence-corrected chi connectivity index (χ2v) is 6.59. The maximum Gasteiger partial charge on any atom is 0.254 e. The SMILES string of the molecule is Cl.Cl.O=C(c1ccnc(-n2ccnc2)c1)N1CCC2(CCNC2)CC1. The molecular weight excluding hydrogens is 361 g/mol. The number of aromatic nitrogens is 3. The lowest BCUT2D eigenvalue weighted by atomic mass is 9.78. The molecule has 1 spiro atoms. The first-order valence-electron chi connectivity index (χ1n) is 8.20. The molecule has 2 aliphatic rings. The van der Waals surface area contributed by atoms with Crippen LogP contribution >= 0.6 is 24.8 Å². The molecule has 2 aromatic heterocycles. The lowest BCUT2D eigenvalue weighted by Gasteiger charge is -2.38. The first kappa shape index (κ1) is 19.7. The number of imidazole rings is 1. The Labute approximate surface area is 159 Å². The molecule has 1 amide bonds. The van der Waals surface area contributed by atoms with E-state index in [9.17, 15) is 4.79 Å². The van der Waals surface area contributed by atoms with Gasteiger partial charge in [-0.1, -0.05) is 0 Å². The van der Waals surface area contributed by atoms with E-state index in [0.717, 1.165) is 44.8 Å². The highest BCUT2D eigenvalue weighted by Crippen LogP contribution is 2.37. The molecular formula is C17H23Cl2N5O. The van der Waals surface area contributed by atoms with E-state index in [2.05, 4.69) is 15.3 Å². The lowest BCUT2D eigenvalue weighted by molar-refractivity contribution is 0.0607. The second-order valence-electron chi connectivity index (χ2n) is 6.59. The van der Waals surface area contributed by atoms with Gasteiger partial charge in [0, 0.05) is 43.8 Å². The highest BCUT2D eigenvalue weighted by molar-refractivity contribution is 5.94. The van der Waals surface area contributed by atoms with Crippen molar-refractivity contribution < 1.29 is 4.79 Å². The van der Waals surface area contributed by atoms with Crippen molar-refractivity contribution >= 4 is 30.7 Å². The highest BCUT2D eigenvalue weighted by Gasteiger charge is 2.38. The van der Waals surface area contributed by atoms with E-state index in [1.807, 2.05) is 21.7 Å². The summed E-state index contributed by atoms with van der Waals surface area (Å²) in [6.07, 6.45) is 10.4. The Bertz CT molecular complexity index is 691. The van der Waals surface area contributed by atoms with E-state index < -0.39 is 0 Å². The molecule has 6 nitrogen and oxygen atoms in total. The first-order chi connectivity index (χ1) is 11.3. The molecule has 0 radical (unpaired) electrons. The Kier molecular flexibility index (Phi) is 6.43. The lowest BCUT2D eigenvalue weighted by Crippen LogP contribution is -2.44. The minimum atomic E-state index is 0. The van der Waals surface area contributed by atoms with Crippen LogP contribution in [0.15, 0.2) is 37.1 Å². The van der Waals surface area contributed by atoms with E-state index in [0.29, 0.717) is 11.0 Å². The zero-order valence-electron chi connectivity index (χ0n) is 13.9. The van der Waals surface area contributed by atoms with Gasteiger partial charge >= 0.3 is 0 Å². The van der Waals surface area contributed by atoms with Crippen molar-refractivity contribution in [2.24, 2.45) is 5.41 Å². The molecule has 8 heteroatoms. The molecule has 2 saturated heterocycles. The zero-order chi connectivity index (χ0) is 15.7. The second kappa shape index (κ2) is 8.17. The van der Waals surface area contributed by atoms with Gasteiger partial charge in [0.1, 0.15) is 12.1 Å². The largest absolute Gasteiger partial charge is 0.339 e. The molecule has 25 heavy (non-hydrogen) atoms. The van der Waals surface area contributed by atoms with E-state index in [1.54, 1.807) is 24.8 Å². The van der Waals surface area contributed by atoms with E-state index in [4.69, 9.17) is 0 Å². The molecule has 2 fully saturated rings. The van der Waals surface area contributed by atoms with Crippen LogP contribution in [0.1, 0.15) is 29.6 Å². The molecule has 1 N–H and O–H groups in total. The monoisotopic (exact) mass is 383 g/mol. The molecule has 4 heterocycles. The number of halogens is 2. The number of carbonyl (C=O) groups is 1. The summed E-state index contributed by atoms with van der Waals surface area (Å²) in [6.45, 7) is 3.92. The Morgan fingerprint density at radius 1 is 1.16 bits per heavy atom. The number of hydrogen-bond donors (Lipinski definition) is 1. The molecule has 0 saturated carbocycles. The number of rotatable bonds is 2. The third kappa shape index (κ3) is 3.97. The summed E-state index contributed by atoms with van der Waals surface area (Å²) in [6, 6.07) is 3.63. The van der Waals surface area contributed by atoms with Crippen molar-refractivity contribution in [3.63, 3.8) is 0 Å². The normalized spacial score (nSPS) is 18.5. The van der Waals surface area contributed by atoms with Crippen molar-refractivity contribution in [3.8, 4) is 5.82 Å². The van der Waals surface area contributed by atoms with Gasteiger partial charge in [-0.3, -0.25) is 9.36 Å². The fourth-order valence-corrected chi connectivity index (χ4v) is 3.68. The maximum atomic E-state index is 12.8. The van der Waals surface area contributed by atoms with Crippen LogP contribution in [-0.2, 0) is 0 Å². The minimum Gasteiger partial charge on any atom is -0.339 e. The van der Waals surface area contributed by atoms with Gasteiger partial charge in [0.25, 0.3) is 5.91 Å². The van der Waals surface area contributed by atoms with Gasteiger partial charge < -0.3 is 10.2 Å². The molecule has 0 aromatic carbocycles. The van der Waals surface area contributed by atoms with Gasteiger partial charge in [-0.2, -0.15) is 0 Å². The number of pyridine rings is 1. The predicted octanol–water partition coefficient (Wildman–Crippen LogP) is 2.33. The number of amides is 1. The Morgan fingerprint density at radius 2 is 1.96 bits per heavy atom. The van der Waals surface area contributed by atoms with Gasteiger partial charge in [0.15, 0.2) is 0 Å². The minimum absolute atomic E-state index is 0. The molecule has 2 aliphatic heterocycles. The summed E-state index contributed by atoms with van der Waals surface area (Å²) in [5.41, 5.74) is 1.13. The average molecular weight is 384 g/mol. The Morgan fingerprint density at radius 3 is 2.60 bits per heavy atom. The standard InChI is InChI=1S/C17H21N5O.2ClH/c23-16(21-8-3-17(4-9-21)2-6-18-12-17)14-1-5-20-15(11-14)22-10-7-19-13-22;;/h1,5,7,10-11,13,18H,2-4,6,8-9,12H2;2*1H. The molecule has 0 atom stereocenters.